The highest BCUT2D eigenvalue weighted by atomic mass is 35.5. The quantitative estimate of drug-likeness (QED) is 0.766. The molecule has 1 unspecified atom stereocenters. The molecule has 0 heterocycles. The Morgan fingerprint density at radius 1 is 0.957 bits per heavy atom. The minimum atomic E-state index is -4.31. The van der Waals surface area contributed by atoms with Crippen molar-refractivity contribution in [3.63, 3.8) is 0 Å². The molecule has 0 spiro atoms. The molecule has 0 aromatic heterocycles. The van der Waals surface area contributed by atoms with Crippen molar-refractivity contribution in [2.24, 2.45) is 0 Å². The molecule has 23 heavy (non-hydrogen) atoms. The van der Waals surface area contributed by atoms with Crippen LogP contribution in [-0.2, 0) is 11.8 Å². The van der Waals surface area contributed by atoms with Crippen LogP contribution in [-0.4, -0.2) is 13.6 Å². The van der Waals surface area contributed by atoms with Crippen molar-refractivity contribution in [1.82, 2.24) is 5.32 Å². The van der Waals surface area contributed by atoms with Gasteiger partial charge in [0.25, 0.3) is 0 Å². The maximum absolute atomic E-state index is 14.6. The molecule has 3 rings (SSSR count). The van der Waals surface area contributed by atoms with Crippen molar-refractivity contribution in [2.75, 3.05) is 13.6 Å². The number of hydrogen-bond donors (Lipinski definition) is 1. The standard InChI is InChI=1S/C17H14ClF4N/c1-23-9-13-11-4-2-3-5-14(11)16(19,20)17(21,22)15-7-6-10(18)8-12(13)15/h2-8,13,23H,9H2,1H3. The maximum Gasteiger partial charge on any atom is 0.340 e. The van der Waals surface area contributed by atoms with Gasteiger partial charge in [-0.1, -0.05) is 41.9 Å². The number of benzene rings is 2. The van der Waals surface area contributed by atoms with Crippen molar-refractivity contribution < 1.29 is 17.6 Å². The van der Waals surface area contributed by atoms with E-state index in [-0.39, 0.29) is 22.7 Å². The van der Waals surface area contributed by atoms with Gasteiger partial charge in [-0.3, -0.25) is 0 Å². The summed E-state index contributed by atoms with van der Waals surface area (Å²) in [4.78, 5) is 0. The minimum absolute atomic E-state index is 0.126. The third-order valence-electron chi connectivity index (χ3n) is 4.20. The van der Waals surface area contributed by atoms with E-state index in [4.69, 9.17) is 11.6 Å². The van der Waals surface area contributed by atoms with Crippen LogP contribution in [0.5, 0.6) is 0 Å². The highest BCUT2D eigenvalue weighted by molar-refractivity contribution is 6.30. The van der Waals surface area contributed by atoms with Crippen LogP contribution in [0.1, 0.15) is 28.2 Å². The lowest BCUT2D eigenvalue weighted by Crippen LogP contribution is -2.35. The van der Waals surface area contributed by atoms with Crippen LogP contribution in [0, 0.1) is 0 Å². The summed E-state index contributed by atoms with van der Waals surface area (Å²) in [6.07, 6.45) is 0. The summed E-state index contributed by atoms with van der Waals surface area (Å²) in [7, 11) is 1.65. The van der Waals surface area contributed by atoms with Gasteiger partial charge in [-0.15, -0.1) is 0 Å². The molecule has 1 nitrogen and oxygen atoms in total. The Hall–Kier alpha value is -1.59. The third kappa shape index (κ3) is 2.34. The SMILES string of the molecule is CNCC1c2ccccc2C(F)(F)C(F)(F)c2ccc(Cl)cc21. The van der Waals surface area contributed by atoms with E-state index in [0.717, 1.165) is 12.1 Å². The lowest BCUT2D eigenvalue weighted by Gasteiger charge is -2.27. The minimum Gasteiger partial charge on any atom is -0.319 e. The Morgan fingerprint density at radius 2 is 1.57 bits per heavy atom. The molecule has 0 amide bonds. The average molecular weight is 344 g/mol. The fourth-order valence-electron chi connectivity index (χ4n) is 3.12. The summed E-state index contributed by atoms with van der Waals surface area (Å²) in [5.74, 6) is -9.25. The van der Waals surface area contributed by atoms with Gasteiger partial charge in [0, 0.05) is 28.6 Å². The summed E-state index contributed by atoms with van der Waals surface area (Å²) in [5, 5.41) is 3.13. The van der Waals surface area contributed by atoms with Gasteiger partial charge in [0.05, 0.1) is 0 Å². The van der Waals surface area contributed by atoms with Crippen LogP contribution in [0.3, 0.4) is 0 Å². The molecule has 1 aliphatic carbocycles. The van der Waals surface area contributed by atoms with Gasteiger partial charge >= 0.3 is 11.8 Å². The molecule has 1 N–H and O–H groups in total. The van der Waals surface area contributed by atoms with Gasteiger partial charge in [-0.25, -0.2) is 0 Å². The fraction of sp³-hybridized carbons (Fsp3) is 0.294. The van der Waals surface area contributed by atoms with E-state index in [2.05, 4.69) is 5.32 Å². The Balaban J connectivity index is 2.40. The number of rotatable bonds is 2. The molecule has 0 bridgehead atoms. The maximum atomic E-state index is 14.6. The van der Waals surface area contributed by atoms with Crippen LogP contribution in [0.4, 0.5) is 17.6 Å². The first-order valence-electron chi connectivity index (χ1n) is 7.10. The summed E-state index contributed by atoms with van der Waals surface area (Å²) < 4.78 is 58.5. The molecule has 0 fully saturated rings. The lowest BCUT2D eigenvalue weighted by molar-refractivity contribution is -0.223. The summed E-state index contributed by atoms with van der Waals surface area (Å²) >= 11 is 5.93. The normalized spacial score (nSPS) is 21.2. The van der Waals surface area contributed by atoms with E-state index in [1.165, 1.54) is 24.3 Å². The Kier molecular flexibility index (Phi) is 3.89. The van der Waals surface area contributed by atoms with Crippen LogP contribution in [0.15, 0.2) is 42.5 Å². The molecule has 2 aromatic rings. The highest BCUT2D eigenvalue weighted by Crippen LogP contribution is 2.56. The van der Waals surface area contributed by atoms with Gasteiger partial charge in [-0.2, -0.15) is 17.6 Å². The number of fused-ring (bicyclic) bond motifs is 2. The molecule has 122 valence electrons. The Bertz CT molecular complexity index is 745. The molecular weight excluding hydrogens is 330 g/mol. The van der Waals surface area contributed by atoms with Gasteiger partial charge < -0.3 is 5.32 Å². The zero-order valence-electron chi connectivity index (χ0n) is 12.2. The zero-order valence-corrected chi connectivity index (χ0v) is 13.0. The number of alkyl halides is 4. The monoisotopic (exact) mass is 343 g/mol. The average Bonchev–Trinajstić information content (AvgIpc) is 2.56. The largest absolute Gasteiger partial charge is 0.340 e. The molecule has 0 saturated heterocycles. The Morgan fingerprint density at radius 3 is 2.22 bits per heavy atom. The lowest BCUT2D eigenvalue weighted by atomic mass is 9.88. The highest BCUT2D eigenvalue weighted by Gasteiger charge is 2.62. The second-order valence-corrected chi connectivity index (χ2v) is 6.01. The van der Waals surface area contributed by atoms with Crippen LogP contribution >= 0.6 is 11.6 Å². The van der Waals surface area contributed by atoms with E-state index in [0.29, 0.717) is 0 Å². The first-order chi connectivity index (χ1) is 10.8. The number of hydrogen-bond acceptors (Lipinski definition) is 1. The van der Waals surface area contributed by atoms with Gasteiger partial charge in [0.2, 0.25) is 0 Å². The number of nitrogens with one attached hydrogen (secondary N) is 1. The second kappa shape index (κ2) is 5.49. The number of halogens is 5. The smallest absolute Gasteiger partial charge is 0.319 e. The van der Waals surface area contributed by atoms with Gasteiger partial charge in [-0.05, 0) is 30.3 Å². The molecule has 6 heteroatoms. The molecule has 1 aliphatic rings. The van der Waals surface area contributed by atoms with E-state index in [1.54, 1.807) is 13.1 Å². The predicted octanol–water partition coefficient (Wildman–Crippen LogP) is 4.89. The Labute approximate surface area is 136 Å². The molecule has 2 aromatic carbocycles. The van der Waals surface area contributed by atoms with E-state index >= 15 is 0 Å². The molecule has 0 saturated carbocycles. The van der Waals surface area contributed by atoms with Crippen molar-refractivity contribution in [1.29, 1.82) is 0 Å². The first kappa shape index (κ1) is 16.3. The molecule has 1 atom stereocenters. The van der Waals surface area contributed by atoms with E-state index in [1.807, 2.05) is 0 Å². The van der Waals surface area contributed by atoms with Gasteiger partial charge in [0.1, 0.15) is 0 Å². The topological polar surface area (TPSA) is 12.0 Å². The van der Waals surface area contributed by atoms with Crippen LogP contribution < -0.4 is 5.32 Å². The number of likely N-dealkylation sites (N-methyl/N-ethyl adjacent to an activating group) is 1. The fourth-order valence-corrected chi connectivity index (χ4v) is 3.31. The van der Waals surface area contributed by atoms with Gasteiger partial charge in [0.15, 0.2) is 0 Å². The summed E-state index contributed by atoms with van der Waals surface area (Å²) in [6, 6.07) is 9.03. The van der Waals surface area contributed by atoms with Crippen molar-refractivity contribution >= 4 is 11.6 Å². The molecular formula is C17H14ClF4N. The molecule has 0 aliphatic heterocycles. The zero-order chi connectivity index (χ0) is 16.8. The van der Waals surface area contributed by atoms with E-state index in [9.17, 15) is 17.6 Å². The third-order valence-corrected chi connectivity index (χ3v) is 4.44. The van der Waals surface area contributed by atoms with Crippen LogP contribution in [0.25, 0.3) is 0 Å². The second-order valence-electron chi connectivity index (χ2n) is 5.58. The van der Waals surface area contributed by atoms with Crippen molar-refractivity contribution in [2.45, 2.75) is 17.8 Å². The van der Waals surface area contributed by atoms with Crippen LogP contribution in [0.2, 0.25) is 5.02 Å². The van der Waals surface area contributed by atoms with Crippen molar-refractivity contribution in [3.05, 3.63) is 69.7 Å². The molecule has 0 radical (unpaired) electrons. The summed E-state index contributed by atoms with van der Waals surface area (Å²) in [6.45, 7) is 0.247. The predicted molar refractivity (Wildman–Crippen MR) is 81.5 cm³/mol. The van der Waals surface area contributed by atoms with E-state index < -0.39 is 28.9 Å². The van der Waals surface area contributed by atoms with Crippen molar-refractivity contribution in [3.8, 4) is 0 Å². The summed E-state index contributed by atoms with van der Waals surface area (Å²) in [5.41, 5.74) is -1.00. The first-order valence-corrected chi connectivity index (χ1v) is 7.48.